The van der Waals surface area contributed by atoms with Crippen molar-refractivity contribution in [1.29, 1.82) is 0 Å². The van der Waals surface area contributed by atoms with Gasteiger partial charge in [-0.2, -0.15) is 0 Å². The number of hydrogen-bond donors (Lipinski definition) is 2. The Labute approximate surface area is 157 Å². The molecule has 0 radical (unpaired) electrons. The van der Waals surface area contributed by atoms with Gasteiger partial charge in [-0.25, -0.2) is 4.79 Å². The molecular formula is C19H20ClN3O3. The molecular weight excluding hydrogens is 354 g/mol. The van der Waals surface area contributed by atoms with E-state index in [1.54, 1.807) is 23.1 Å². The summed E-state index contributed by atoms with van der Waals surface area (Å²) >= 11 is 5.97. The van der Waals surface area contributed by atoms with Crippen LogP contribution in [0.15, 0.2) is 42.5 Å². The molecule has 6 nitrogen and oxygen atoms in total. The minimum absolute atomic E-state index is 0.0144. The number of amides is 3. The summed E-state index contributed by atoms with van der Waals surface area (Å²) in [5.41, 5.74) is 2.43. The quantitative estimate of drug-likeness (QED) is 0.860. The van der Waals surface area contributed by atoms with Gasteiger partial charge in [-0.1, -0.05) is 29.3 Å². The van der Waals surface area contributed by atoms with Crippen LogP contribution in [0.4, 0.5) is 16.2 Å². The monoisotopic (exact) mass is 373 g/mol. The molecule has 0 aromatic heterocycles. The maximum absolute atomic E-state index is 12.3. The molecule has 7 heteroatoms. The molecule has 1 fully saturated rings. The van der Waals surface area contributed by atoms with Crippen molar-refractivity contribution in [3.05, 3.63) is 53.1 Å². The van der Waals surface area contributed by atoms with E-state index in [2.05, 4.69) is 10.6 Å². The van der Waals surface area contributed by atoms with E-state index in [-0.39, 0.29) is 18.4 Å². The predicted octanol–water partition coefficient (Wildman–Crippen LogP) is 3.58. The van der Waals surface area contributed by atoms with Crippen LogP contribution in [0.3, 0.4) is 0 Å². The fraction of sp³-hybridized carbons (Fsp3) is 0.263. The van der Waals surface area contributed by atoms with Gasteiger partial charge in [-0.15, -0.1) is 0 Å². The standard InChI is InChI=1S/C19H20ClN3O3/c1-12-3-6-15(7-4-12)23-11-14(10-18(23)24)21-19(25)22-16-9-13(20)5-8-17(16)26-2/h3-9,14H,10-11H2,1-2H3,(H2,21,22,25)/t14-/m0/s1. The molecule has 0 spiro atoms. The molecule has 0 unspecified atom stereocenters. The molecule has 0 saturated carbocycles. The summed E-state index contributed by atoms with van der Waals surface area (Å²) < 4.78 is 5.21. The van der Waals surface area contributed by atoms with Crippen LogP contribution in [0.5, 0.6) is 5.75 Å². The Morgan fingerprint density at radius 3 is 2.65 bits per heavy atom. The van der Waals surface area contributed by atoms with Crippen LogP contribution in [0.25, 0.3) is 0 Å². The molecule has 1 atom stereocenters. The highest BCUT2D eigenvalue weighted by atomic mass is 35.5. The molecule has 136 valence electrons. The van der Waals surface area contributed by atoms with Crippen LogP contribution in [-0.4, -0.2) is 31.6 Å². The zero-order chi connectivity index (χ0) is 18.7. The van der Waals surface area contributed by atoms with E-state index in [0.29, 0.717) is 23.0 Å². The first-order valence-corrected chi connectivity index (χ1v) is 8.62. The molecule has 0 bridgehead atoms. The number of halogens is 1. The summed E-state index contributed by atoms with van der Waals surface area (Å²) in [6.07, 6.45) is 0.258. The molecule has 26 heavy (non-hydrogen) atoms. The Morgan fingerprint density at radius 2 is 1.96 bits per heavy atom. The van der Waals surface area contributed by atoms with Crippen LogP contribution in [0, 0.1) is 6.92 Å². The highest BCUT2D eigenvalue weighted by Crippen LogP contribution is 2.28. The van der Waals surface area contributed by atoms with E-state index in [9.17, 15) is 9.59 Å². The Kier molecular flexibility index (Phi) is 5.32. The number of ether oxygens (including phenoxy) is 1. The molecule has 1 aliphatic rings. The number of carbonyl (C=O) groups excluding carboxylic acids is 2. The Morgan fingerprint density at radius 1 is 1.23 bits per heavy atom. The third-order valence-corrected chi connectivity index (χ3v) is 4.45. The number of benzene rings is 2. The first kappa shape index (κ1) is 18.1. The second-order valence-corrected chi connectivity index (χ2v) is 6.62. The van der Waals surface area contributed by atoms with Crippen molar-refractivity contribution in [2.75, 3.05) is 23.9 Å². The molecule has 0 aliphatic carbocycles. The summed E-state index contributed by atoms with van der Waals surface area (Å²) in [5.74, 6) is 0.493. The van der Waals surface area contributed by atoms with Crippen molar-refractivity contribution in [3.63, 3.8) is 0 Å². The van der Waals surface area contributed by atoms with Crippen molar-refractivity contribution >= 4 is 34.9 Å². The molecule has 2 N–H and O–H groups in total. The van der Waals surface area contributed by atoms with E-state index in [4.69, 9.17) is 16.3 Å². The Balaban J connectivity index is 1.63. The van der Waals surface area contributed by atoms with E-state index in [1.165, 1.54) is 7.11 Å². The third-order valence-electron chi connectivity index (χ3n) is 4.22. The SMILES string of the molecule is COc1ccc(Cl)cc1NC(=O)N[C@H]1CC(=O)N(c2ccc(C)cc2)C1. The summed E-state index contributed by atoms with van der Waals surface area (Å²) in [4.78, 5) is 26.2. The number of rotatable bonds is 4. The minimum Gasteiger partial charge on any atom is -0.495 e. The average Bonchev–Trinajstić information content (AvgIpc) is 2.96. The van der Waals surface area contributed by atoms with Crippen LogP contribution in [-0.2, 0) is 4.79 Å². The van der Waals surface area contributed by atoms with Gasteiger partial charge in [0.2, 0.25) is 5.91 Å². The van der Waals surface area contributed by atoms with Crippen LogP contribution in [0.2, 0.25) is 5.02 Å². The number of anilines is 2. The van der Waals surface area contributed by atoms with Gasteiger partial charge in [0.15, 0.2) is 0 Å². The lowest BCUT2D eigenvalue weighted by molar-refractivity contribution is -0.117. The largest absolute Gasteiger partial charge is 0.495 e. The van der Waals surface area contributed by atoms with Gasteiger partial charge in [0, 0.05) is 23.7 Å². The lowest BCUT2D eigenvalue weighted by Gasteiger charge is -2.18. The molecule has 1 aliphatic heterocycles. The van der Waals surface area contributed by atoms with Crippen molar-refractivity contribution in [1.82, 2.24) is 5.32 Å². The van der Waals surface area contributed by atoms with Gasteiger partial charge in [0.05, 0.1) is 18.8 Å². The van der Waals surface area contributed by atoms with Gasteiger partial charge in [-0.3, -0.25) is 4.79 Å². The summed E-state index contributed by atoms with van der Waals surface area (Å²) in [6.45, 7) is 2.43. The van der Waals surface area contributed by atoms with E-state index in [1.807, 2.05) is 31.2 Å². The summed E-state index contributed by atoms with van der Waals surface area (Å²) in [6, 6.07) is 12.0. The number of nitrogens with zero attached hydrogens (tertiary/aromatic N) is 1. The fourth-order valence-corrected chi connectivity index (χ4v) is 3.07. The van der Waals surface area contributed by atoms with Crippen LogP contribution >= 0.6 is 11.6 Å². The van der Waals surface area contributed by atoms with Gasteiger partial charge in [0.1, 0.15) is 5.75 Å². The molecule has 1 saturated heterocycles. The van der Waals surface area contributed by atoms with Crippen LogP contribution < -0.4 is 20.3 Å². The lowest BCUT2D eigenvalue weighted by Crippen LogP contribution is -2.39. The zero-order valence-electron chi connectivity index (χ0n) is 14.6. The lowest BCUT2D eigenvalue weighted by atomic mass is 10.2. The van der Waals surface area contributed by atoms with Crippen molar-refractivity contribution in [2.45, 2.75) is 19.4 Å². The van der Waals surface area contributed by atoms with Gasteiger partial charge in [0.25, 0.3) is 0 Å². The third kappa shape index (κ3) is 4.08. The first-order chi connectivity index (χ1) is 12.5. The molecule has 1 heterocycles. The number of methoxy groups -OCH3 is 1. The van der Waals surface area contributed by atoms with E-state index in [0.717, 1.165) is 11.3 Å². The summed E-state index contributed by atoms with van der Waals surface area (Å²) in [5, 5.41) is 6.03. The van der Waals surface area contributed by atoms with E-state index >= 15 is 0 Å². The molecule has 3 rings (SSSR count). The molecule has 3 amide bonds. The number of aryl methyl sites for hydroxylation is 1. The number of nitrogens with one attached hydrogen (secondary N) is 2. The predicted molar refractivity (Wildman–Crippen MR) is 102 cm³/mol. The van der Waals surface area contributed by atoms with Crippen molar-refractivity contribution in [2.24, 2.45) is 0 Å². The second-order valence-electron chi connectivity index (χ2n) is 6.18. The number of hydrogen-bond acceptors (Lipinski definition) is 3. The van der Waals surface area contributed by atoms with Gasteiger partial charge in [-0.05, 0) is 37.3 Å². The normalized spacial score (nSPS) is 16.5. The highest BCUT2D eigenvalue weighted by Gasteiger charge is 2.31. The fourth-order valence-electron chi connectivity index (χ4n) is 2.90. The topological polar surface area (TPSA) is 70.7 Å². The highest BCUT2D eigenvalue weighted by molar-refractivity contribution is 6.31. The van der Waals surface area contributed by atoms with Crippen molar-refractivity contribution in [3.8, 4) is 5.75 Å². The summed E-state index contributed by atoms with van der Waals surface area (Å²) in [7, 11) is 1.52. The number of carbonyl (C=O) groups is 2. The maximum Gasteiger partial charge on any atom is 0.319 e. The molecule has 2 aromatic rings. The Hall–Kier alpha value is -2.73. The van der Waals surface area contributed by atoms with Crippen LogP contribution in [0.1, 0.15) is 12.0 Å². The van der Waals surface area contributed by atoms with Crippen molar-refractivity contribution < 1.29 is 14.3 Å². The Bertz CT molecular complexity index is 823. The van der Waals surface area contributed by atoms with E-state index < -0.39 is 6.03 Å². The smallest absolute Gasteiger partial charge is 0.319 e. The maximum atomic E-state index is 12.3. The zero-order valence-corrected chi connectivity index (χ0v) is 15.3. The minimum atomic E-state index is -0.408. The van der Waals surface area contributed by atoms with Gasteiger partial charge < -0.3 is 20.3 Å². The average molecular weight is 374 g/mol. The first-order valence-electron chi connectivity index (χ1n) is 8.24. The number of urea groups is 1. The molecule has 2 aromatic carbocycles. The van der Waals surface area contributed by atoms with Gasteiger partial charge >= 0.3 is 6.03 Å². The second kappa shape index (κ2) is 7.66.